The summed E-state index contributed by atoms with van der Waals surface area (Å²) in [6.45, 7) is 0.436. The molecule has 0 amide bonds. The quantitative estimate of drug-likeness (QED) is 0.511. The third-order valence-electron chi connectivity index (χ3n) is 3.24. The van der Waals surface area contributed by atoms with Crippen LogP contribution in [0.2, 0.25) is 0 Å². The fourth-order valence-corrected chi connectivity index (χ4v) is 2.37. The molecule has 18 heavy (non-hydrogen) atoms. The van der Waals surface area contributed by atoms with Gasteiger partial charge in [0.25, 0.3) is 0 Å². The molecule has 1 aromatic rings. The molecule has 1 fully saturated rings. The molecule has 0 aliphatic heterocycles. The van der Waals surface area contributed by atoms with Crippen molar-refractivity contribution in [2.45, 2.75) is 37.0 Å². The minimum absolute atomic E-state index is 0.436. The molecule has 5 N–H and O–H groups in total. The molecule has 0 spiro atoms. The van der Waals surface area contributed by atoms with Gasteiger partial charge in [0.05, 0.1) is 6.04 Å². The summed E-state index contributed by atoms with van der Waals surface area (Å²) in [6.07, 6.45) is -4.99. The molecule has 0 radical (unpaired) electrons. The first-order valence-corrected chi connectivity index (χ1v) is 6.50. The van der Waals surface area contributed by atoms with Crippen LogP contribution in [0.1, 0.15) is 5.56 Å². The molecule has 0 bridgehead atoms. The molecular weight excluding hydrogens is 302 g/mol. The Morgan fingerprint density at radius 3 is 1.89 bits per heavy atom. The lowest BCUT2D eigenvalue weighted by Gasteiger charge is -2.20. The highest BCUT2D eigenvalue weighted by Gasteiger charge is 2.47. The maximum atomic E-state index is 9.68. The van der Waals surface area contributed by atoms with Gasteiger partial charge in [-0.1, -0.05) is 28.1 Å². The average Bonchev–Trinajstić information content (AvgIpc) is 2.54. The Bertz CT molecular complexity index is 386. The molecule has 1 saturated carbocycles. The Labute approximate surface area is 113 Å². The van der Waals surface area contributed by atoms with E-state index in [-0.39, 0.29) is 0 Å². The van der Waals surface area contributed by atoms with Crippen LogP contribution < -0.4 is 5.32 Å². The summed E-state index contributed by atoms with van der Waals surface area (Å²) in [4.78, 5) is 0. The molecule has 1 aliphatic carbocycles. The summed E-state index contributed by atoms with van der Waals surface area (Å²) in [7, 11) is 0. The van der Waals surface area contributed by atoms with Gasteiger partial charge < -0.3 is 25.7 Å². The lowest BCUT2D eigenvalue weighted by atomic mass is 10.1. The Balaban J connectivity index is 1.96. The fraction of sp³-hybridized carbons (Fsp3) is 0.500. The summed E-state index contributed by atoms with van der Waals surface area (Å²) in [6, 6.07) is 6.85. The van der Waals surface area contributed by atoms with Crippen LogP contribution in [-0.4, -0.2) is 50.9 Å². The van der Waals surface area contributed by atoms with Crippen molar-refractivity contribution in [1.29, 1.82) is 0 Å². The van der Waals surface area contributed by atoms with Crippen molar-refractivity contribution < 1.29 is 20.4 Å². The molecule has 0 heterocycles. The monoisotopic (exact) mass is 317 g/mol. The van der Waals surface area contributed by atoms with Gasteiger partial charge in [-0.25, -0.2) is 0 Å². The Morgan fingerprint density at radius 2 is 1.39 bits per heavy atom. The molecule has 1 aromatic carbocycles. The number of rotatable bonds is 3. The SMILES string of the molecule is O[C@@H]1[C@H](O)[C@H](O)C(NCc2ccc(Br)cc2)[C@@H]1O. The first-order chi connectivity index (χ1) is 8.50. The smallest absolute Gasteiger partial charge is 0.110 e. The topological polar surface area (TPSA) is 93.0 Å². The van der Waals surface area contributed by atoms with Gasteiger partial charge >= 0.3 is 0 Å². The van der Waals surface area contributed by atoms with Crippen LogP contribution in [0.25, 0.3) is 0 Å². The number of hydrogen-bond donors (Lipinski definition) is 5. The van der Waals surface area contributed by atoms with E-state index >= 15 is 0 Å². The highest BCUT2D eigenvalue weighted by atomic mass is 79.9. The van der Waals surface area contributed by atoms with E-state index < -0.39 is 30.5 Å². The number of benzene rings is 1. The highest BCUT2D eigenvalue weighted by molar-refractivity contribution is 9.10. The molecule has 1 unspecified atom stereocenters. The van der Waals surface area contributed by atoms with E-state index in [1.54, 1.807) is 0 Å². The molecule has 1 aliphatic rings. The van der Waals surface area contributed by atoms with Gasteiger partial charge in [0.1, 0.15) is 24.4 Å². The van der Waals surface area contributed by atoms with Gasteiger partial charge in [-0.3, -0.25) is 0 Å². The predicted octanol–water partition coefficient (Wildman–Crippen LogP) is -0.636. The van der Waals surface area contributed by atoms with Gasteiger partial charge in [-0.15, -0.1) is 0 Å². The highest BCUT2D eigenvalue weighted by Crippen LogP contribution is 2.22. The zero-order valence-corrected chi connectivity index (χ0v) is 11.2. The minimum atomic E-state index is -1.32. The lowest BCUT2D eigenvalue weighted by molar-refractivity contribution is -0.0413. The summed E-state index contributed by atoms with van der Waals surface area (Å²) in [5.74, 6) is 0. The van der Waals surface area contributed by atoms with E-state index in [4.69, 9.17) is 0 Å². The molecule has 6 heteroatoms. The lowest BCUT2D eigenvalue weighted by Crippen LogP contribution is -2.44. The second kappa shape index (κ2) is 5.64. The van der Waals surface area contributed by atoms with Crippen LogP contribution in [0.3, 0.4) is 0 Å². The van der Waals surface area contributed by atoms with Crippen LogP contribution in [0.4, 0.5) is 0 Å². The predicted molar refractivity (Wildman–Crippen MR) is 68.8 cm³/mol. The number of hydrogen-bond acceptors (Lipinski definition) is 5. The van der Waals surface area contributed by atoms with Crippen molar-refractivity contribution in [3.8, 4) is 0 Å². The van der Waals surface area contributed by atoms with Crippen molar-refractivity contribution in [1.82, 2.24) is 5.32 Å². The average molecular weight is 318 g/mol. The second-order valence-corrected chi connectivity index (χ2v) is 5.41. The minimum Gasteiger partial charge on any atom is -0.389 e. The maximum Gasteiger partial charge on any atom is 0.110 e. The van der Waals surface area contributed by atoms with Gasteiger partial charge in [-0.05, 0) is 17.7 Å². The van der Waals surface area contributed by atoms with Crippen LogP contribution >= 0.6 is 15.9 Å². The molecule has 0 saturated heterocycles. The Hall–Kier alpha value is -0.500. The first-order valence-electron chi connectivity index (χ1n) is 5.71. The van der Waals surface area contributed by atoms with E-state index in [9.17, 15) is 20.4 Å². The number of aliphatic hydroxyl groups excluding tert-OH is 4. The van der Waals surface area contributed by atoms with Crippen LogP contribution in [0.5, 0.6) is 0 Å². The molecule has 100 valence electrons. The second-order valence-electron chi connectivity index (χ2n) is 4.50. The van der Waals surface area contributed by atoms with Crippen molar-refractivity contribution in [2.75, 3.05) is 0 Å². The van der Waals surface area contributed by atoms with Crippen molar-refractivity contribution >= 4 is 15.9 Å². The zero-order valence-electron chi connectivity index (χ0n) is 9.57. The zero-order chi connectivity index (χ0) is 13.3. The summed E-state index contributed by atoms with van der Waals surface area (Å²) >= 11 is 3.33. The summed E-state index contributed by atoms with van der Waals surface area (Å²) in [5.41, 5.74) is 0.980. The van der Waals surface area contributed by atoms with Crippen LogP contribution in [0, 0.1) is 0 Å². The van der Waals surface area contributed by atoms with E-state index in [1.165, 1.54) is 0 Å². The first kappa shape index (κ1) is 13.9. The van der Waals surface area contributed by atoms with Crippen molar-refractivity contribution in [2.24, 2.45) is 0 Å². The Kier molecular flexibility index (Phi) is 4.37. The third kappa shape index (κ3) is 2.74. The van der Waals surface area contributed by atoms with Gasteiger partial charge in [0.2, 0.25) is 0 Å². The van der Waals surface area contributed by atoms with Gasteiger partial charge in [0.15, 0.2) is 0 Å². The largest absolute Gasteiger partial charge is 0.389 e. The summed E-state index contributed by atoms with van der Waals surface area (Å²) < 4.78 is 0.970. The van der Waals surface area contributed by atoms with E-state index in [2.05, 4.69) is 21.2 Å². The fourth-order valence-electron chi connectivity index (χ4n) is 2.11. The third-order valence-corrected chi connectivity index (χ3v) is 3.77. The Morgan fingerprint density at radius 1 is 0.889 bits per heavy atom. The number of nitrogens with one attached hydrogen (secondary N) is 1. The number of aliphatic hydroxyl groups is 4. The van der Waals surface area contributed by atoms with Gasteiger partial charge in [-0.2, -0.15) is 0 Å². The molecule has 2 rings (SSSR count). The normalized spacial score (nSPS) is 35.9. The molecule has 5 nitrogen and oxygen atoms in total. The standard InChI is InChI=1S/C12H16BrNO4/c13-7-3-1-6(2-4-7)5-14-8-9(15)11(17)12(18)10(8)16/h1-4,8-12,14-18H,5H2/t8?,9-,10+,11-,12+. The van der Waals surface area contributed by atoms with E-state index in [0.717, 1.165) is 10.0 Å². The maximum absolute atomic E-state index is 9.68. The van der Waals surface area contributed by atoms with Crippen molar-refractivity contribution in [3.05, 3.63) is 34.3 Å². The van der Waals surface area contributed by atoms with Crippen LogP contribution in [0.15, 0.2) is 28.7 Å². The molecular formula is C12H16BrNO4. The summed E-state index contributed by atoms with van der Waals surface area (Å²) in [5, 5.41) is 41.2. The van der Waals surface area contributed by atoms with Crippen molar-refractivity contribution in [3.63, 3.8) is 0 Å². The van der Waals surface area contributed by atoms with Crippen LogP contribution in [-0.2, 0) is 6.54 Å². The van der Waals surface area contributed by atoms with E-state index in [1.807, 2.05) is 24.3 Å². The molecule has 0 aromatic heterocycles. The number of halogens is 1. The van der Waals surface area contributed by atoms with Gasteiger partial charge in [0, 0.05) is 11.0 Å². The molecule has 5 atom stereocenters. The van der Waals surface area contributed by atoms with E-state index in [0.29, 0.717) is 6.54 Å².